The molecule has 0 aromatic rings. The molecule has 0 fully saturated rings. The molecular formula is C24H40GaNZr. The molecular weight excluding hydrogens is 463 g/mol. The first-order chi connectivity index (χ1) is 12.4. The molecule has 0 amide bonds. The maximum Gasteiger partial charge on any atom is 2.00 e. The quantitative estimate of drug-likeness (QED) is 0.257. The van der Waals surface area contributed by atoms with E-state index in [4.69, 9.17) is 0 Å². The van der Waals surface area contributed by atoms with Crippen molar-refractivity contribution in [2.75, 3.05) is 0 Å². The summed E-state index contributed by atoms with van der Waals surface area (Å²) in [7, 11) is 0. The van der Waals surface area contributed by atoms with Gasteiger partial charge in [-0.15, -0.1) is 12.8 Å². The zero-order valence-corrected chi connectivity index (χ0v) is 23.5. The number of rotatable bonds is 8. The van der Waals surface area contributed by atoms with Crippen molar-refractivity contribution in [2.45, 2.75) is 105 Å². The number of nitrogens with zero attached hydrogens (tertiary/aromatic N) is 1. The summed E-state index contributed by atoms with van der Waals surface area (Å²) in [6.07, 6.45) is 25.1. The van der Waals surface area contributed by atoms with Gasteiger partial charge in [0.15, 0.2) is 0 Å². The van der Waals surface area contributed by atoms with Crippen molar-refractivity contribution in [3.8, 4) is 0 Å². The summed E-state index contributed by atoms with van der Waals surface area (Å²) >= 11 is 1.72. The minimum atomic E-state index is 0. The summed E-state index contributed by atoms with van der Waals surface area (Å²) in [6, 6.07) is 1.41. The molecule has 1 nitrogen and oxygen atoms in total. The van der Waals surface area contributed by atoms with E-state index < -0.39 is 0 Å². The third-order valence-electron chi connectivity index (χ3n) is 4.32. The maximum atomic E-state index is 3.30. The molecule has 0 N–H and O–H groups in total. The SMILES string of the molecule is CC(C)[N]([Ga])C(C)C.CCCCC1=[C-]CC=C1.CCCCC1=[C-]CC=C1.[Zr+2]. The molecule has 0 spiro atoms. The van der Waals surface area contributed by atoms with Gasteiger partial charge in [0.2, 0.25) is 0 Å². The summed E-state index contributed by atoms with van der Waals surface area (Å²) in [6.45, 7) is 13.3. The first-order valence-electron chi connectivity index (χ1n) is 10.5. The van der Waals surface area contributed by atoms with Crippen molar-refractivity contribution < 1.29 is 26.2 Å². The Kier molecular flexibility index (Phi) is 21.7. The molecule has 0 saturated heterocycles. The maximum absolute atomic E-state index is 3.30. The fourth-order valence-corrected chi connectivity index (χ4v) is 2.57. The predicted octanol–water partition coefficient (Wildman–Crippen LogP) is 6.92. The average molecular weight is 504 g/mol. The van der Waals surface area contributed by atoms with E-state index in [0.29, 0.717) is 12.1 Å². The number of hydrogen-bond acceptors (Lipinski definition) is 1. The largest absolute Gasteiger partial charge is 2.00 e. The van der Waals surface area contributed by atoms with Gasteiger partial charge in [-0.25, -0.2) is 23.3 Å². The van der Waals surface area contributed by atoms with E-state index >= 15 is 0 Å². The van der Waals surface area contributed by atoms with Gasteiger partial charge in [-0.1, -0.05) is 52.4 Å². The normalized spacial score (nSPS) is 14.4. The molecule has 0 unspecified atom stereocenters. The standard InChI is InChI=1S/2C9H13.C6H14N.Ga.Zr/c2*1-2-3-6-9-7-4-5-8-9;1-5(2)7-6(3)4;;/h2*4,7H,2-3,5-6H2,1H3;5-6H,1-4H3;;/q3*-1;+1;+2. The second-order valence-electron chi connectivity index (χ2n) is 7.46. The van der Waals surface area contributed by atoms with Gasteiger partial charge in [0.05, 0.1) is 0 Å². The molecule has 27 heavy (non-hydrogen) atoms. The van der Waals surface area contributed by atoms with Crippen LogP contribution in [0.25, 0.3) is 0 Å². The predicted molar refractivity (Wildman–Crippen MR) is 118 cm³/mol. The first-order valence-corrected chi connectivity index (χ1v) is 11.6. The van der Waals surface area contributed by atoms with E-state index in [9.17, 15) is 0 Å². The first kappa shape index (κ1) is 29.6. The Morgan fingerprint density at radius 2 is 1.22 bits per heavy atom. The van der Waals surface area contributed by atoms with E-state index in [0.717, 1.165) is 12.8 Å². The number of hydrogen-bond donors (Lipinski definition) is 0. The van der Waals surface area contributed by atoms with Gasteiger partial charge in [0.25, 0.3) is 0 Å². The van der Waals surface area contributed by atoms with Crippen molar-refractivity contribution in [1.82, 2.24) is 3.61 Å². The van der Waals surface area contributed by atoms with Crippen LogP contribution >= 0.6 is 0 Å². The van der Waals surface area contributed by atoms with Gasteiger partial charge in [0.1, 0.15) is 0 Å². The van der Waals surface area contributed by atoms with Crippen LogP contribution in [-0.2, 0) is 26.2 Å². The Hall–Kier alpha value is 0.439. The molecule has 0 atom stereocenters. The van der Waals surface area contributed by atoms with E-state index in [-0.39, 0.29) is 26.2 Å². The monoisotopic (exact) mass is 501 g/mol. The molecule has 0 aliphatic heterocycles. The van der Waals surface area contributed by atoms with Crippen molar-refractivity contribution in [2.24, 2.45) is 0 Å². The van der Waals surface area contributed by atoms with Crippen LogP contribution in [0, 0.1) is 12.2 Å². The van der Waals surface area contributed by atoms with Gasteiger partial charge < -0.3 is 0 Å². The Morgan fingerprint density at radius 3 is 1.41 bits per heavy atom. The summed E-state index contributed by atoms with van der Waals surface area (Å²) < 4.78 is 2.40. The molecule has 2 aliphatic carbocycles. The van der Waals surface area contributed by atoms with Gasteiger partial charge in [0, 0.05) is 0 Å². The van der Waals surface area contributed by atoms with Crippen LogP contribution in [0.5, 0.6) is 0 Å². The molecule has 2 rings (SSSR count). The second-order valence-corrected chi connectivity index (χ2v) is 8.71. The van der Waals surface area contributed by atoms with Gasteiger partial charge in [-0.05, 0) is 0 Å². The number of allylic oxidation sites excluding steroid dienone is 8. The van der Waals surface area contributed by atoms with Crippen LogP contribution in [0.3, 0.4) is 0 Å². The van der Waals surface area contributed by atoms with Crippen LogP contribution in [0.4, 0.5) is 0 Å². The molecule has 0 aromatic carbocycles. The molecule has 148 valence electrons. The van der Waals surface area contributed by atoms with Crippen LogP contribution < -0.4 is 0 Å². The molecule has 2 aliphatic rings. The van der Waals surface area contributed by atoms with E-state index in [1.54, 1.807) is 18.8 Å². The molecule has 2 radical (unpaired) electrons. The molecule has 0 aromatic heterocycles. The zero-order chi connectivity index (χ0) is 19.8. The summed E-state index contributed by atoms with van der Waals surface area (Å²) in [5.74, 6) is 0. The van der Waals surface area contributed by atoms with Crippen molar-refractivity contribution in [3.63, 3.8) is 0 Å². The van der Waals surface area contributed by atoms with Crippen molar-refractivity contribution >= 4 is 18.8 Å². The Bertz CT molecular complexity index is 419. The van der Waals surface area contributed by atoms with E-state index in [1.807, 2.05) is 0 Å². The summed E-state index contributed by atoms with van der Waals surface area (Å²) in [5.41, 5.74) is 2.83. The second kappa shape index (κ2) is 19.7. The zero-order valence-electron chi connectivity index (χ0n) is 18.6. The Morgan fingerprint density at radius 1 is 0.852 bits per heavy atom. The molecule has 3 heteroatoms. The van der Waals surface area contributed by atoms with Gasteiger partial charge in [-0.3, -0.25) is 12.2 Å². The minimum Gasteiger partial charge on any atom is -0.269 e. The fourth-order valence-electron chi connectivity index (χ4n) is 2.57. The van der Waals surface area contributed by atoms with Crippen LogP contribution in [0.15, 0.2) is 35.5 Å². The van der Waals surface area contributed by atoms with Crippen LogP contribution in [-0.4, -0.2) is 34.5 Å². The van der Waals surface area contributed by atoms with E-state index in [1.165, 1.54) is 49.7 Å². The molecule has 0 saturated carbocycles. The average Bonchev–Trinajstić information content (AvgIpc) is 3.32. The third-order valence-corrected chi connectivity index (χ3v) is 6.83. The number of unbranched alkanes of at least 4 members (excludes halogenated alkanes) is 2. The topological polar surface area (TPSA) is 3.24 Å². The smallest absolute Gasteiger partial charge is 0.269 e. The summed E-state index contributed by atoms with van der Waals surface area (Å²) in [4.78, 5) is 0. The van der Waals surface area contributed by atoms with Gasteiger partial charge >= 0.3 is 88.4 Å². The minimum absolute atomic E-state index is 0. The van der Waals surface area contributed by atoms with Gasteiger partial charge in [-0.2, -0.15) is 12.2 Å². The fraction of sp³-hybridized carbons (Fsp3) is 0.667. The van der Waals surface area contributed by atoms with E-state index in [2.05, 4.69) is 81.6 Å². The Balaban J connectivity index is 0. The van der Waals surface area contributed by atoms with Crippen molar-refractivity contribution in [3.05, 3.63) is 47.6 Å². The van der Waals surface area contributed by atoms with Crippen LogP contribution in [0.2, 0.25) is 0 Å². The third kappa shape index (κ3) is 17.0. The molecule has 0 bridgehead atoms. The van der Waals surface area contributed by atoms with Crippen molar-refractivity contribution in [1.29, 1.82) is 0 Å². The molecule has 0 heterocycles. The van der Waals surface area contributed by atoms with Crippen LogP contribution in [0.1, 0.15) is 92.9 Å². The Labute approximate surface area is 200 Å². The summed E-state index contributed by atoms with van der Waals surface area (Å²) in [5, 5.41) is 0.